The SMILES string of the molecule is O=C(CSc1cccc(NC(=O)/C(=C/c2ccccc2F)NC(=O)c2ccccc2)c1)Nc1nc(-c2cccs2)cs1. The van der Waals surface area contributed by atoms with Gasteiger partial charge in [-0.1, -0.05) is 48.5 Å². The number of rotatable bonds is 10. The Morgan fingerprint density at radius 1 is 0.881 bits per heavy atom. The molecule has 3 aromatic carbocycles. The maximum absolute atomic E-state index is 14.4. The number of hydrogen-bond donors (Lipinski definition) is 3. The molecular weight excluding hydrogens is 592 g/mol. The number of nitrogens with one attached hydrogen (secondary N) is 3. The lowest BCUT2D eigenvalue weighted by Crippen LogP contribution is -2.30. The van der Waals surface area contributed by atoms with E-state index in [1.54, 1.807) is 65.9 Å². The third-order valence-corrected chi connectivity index (χ3v) is 8.36. The third-order valence-electron chi connectivity index (χ3n) is 5.72. The van der Waals surface area contributed by atoms with Crippen molar-refractivity contribution in [2.45, 2.75) is 4.90 Å². The summed E-state index contributed by atoms with van der Waals surface area (Å²) in [7, 11) is 0. The summed E-state index contributed by atoms with van der Waals surface area (Å²) >= 11 is 4.24. The van der Waals surface area contributed by atoms with Crippen LogP contribution in [0.15, 0.2) is 112 Å². The lowest BCUT2D eigenvalue weighted by Gasteiger charge is -2.12. The van der Waals surface area contributed by atoms with E-state index in [1.165, 1.54) is 47.4 Å². The summed E-state index contributed by atoms with van der Waals surface area (Å²) in [5, 5.41) is 12.6. The minimum Gasteiger partial charge on any atom is -0.321 e. The fraction of sp³-hybridized carbons (Fsp3) is 0.0323. The summed E-state index contributed by atoms with van der Waals surface area (Å²) in [4.78, 5) is 44.9. The van der Waals surface area contributed by atoms with Crippen LogP contribution in [0.4, 0.5) is 15.2 Å². The van der Waals surface area contributed by atoms with Gasteiger partial charge in [0.25, 0.3) is 11.8 Å². The minimum atomic E-state index is -0.632. The van der Waals surface area contributed by atoms with E-state index in [-0.39, 0.29) is 22.9 Å². The van der Waals surface area contributed by atoms with E-state index in [0.717, 1.165) is 15.5 Å². The van der Waals surface area contributed by atoms with Crippen molar-refractivity contribution in [1.29, 1.82) is 0 Å². The van der Waals surface area contributed by atoms with Gasteiger partial charge in [0.1, 0.15) is 11.5 Å². The second-order valence-corrected chi connectivity index (χ2v) is 11.6. The number of nitrogens with zero attached hydrogens (tertiary/aromatic N) is 1. The molecule has 5 rings (SSSR count). The Morgan fingerprint density at radius 3 is 2.48 bits per heavy atom. The van der Waals surface area contributed by atoms with Crippen LogP contribution in [0.25, 0.3) is 16.6 Å². The van der Waals surface area contributed by atoms with E-state index in [9.17, 15) is 18.8 Å². The van der Waals surface area contributed by atoms with Crippen molar-refractivity contribution in [3.8, 4) is 10.6 Å². The molecule has 0 radical (unpaired) electrons. The maximum Gasteiger partial charge on any atom is 0.272 e. The quantitative estimate of drug-likeness (QED) is 0.115. The third kappa shape index (κ3) is 7.78. The molecule has 0 bridgehead atoms. The van der Waals surface area contributed by atoms with E-state index < -0.39 is 17.6 Å². The Hall–Kier alpha value is -4.58. The molecule has 0 aliphatic heterocycles. The molecule has 0 aliphatic rings. The molecule has 42 heavy (non-hydrogen) atoms. The number of benzene rings is 3. The molecule has 2 aromatic heterocycles. The molecular formula is C31H23FN4O3S3. The number of amides is 3. The van der Waals surface area contributed by atoms with Gasteiger partial charge in [-0.15, -0.1) is 34.4 Å². The molecule has 0 fully saturated rings. The fourth-order valence-corrected chi connectivity index (χ4v) is 5.97. The zero-order valence-electron chi connectivity index (χ0n) is 21.9. The van der Waals surface area contributed by atoms with E-state index in [4.69, 9.17) is 0 Å². The van der Waals surface area contributed by atoms with Crippen LogP contribution in [0.2, 0.25) is 0 Å². The van der Waals surface area contributed by atoms with Gasteiger partial charge >= 0.3 is 0 Å². The number of carbonyl (C=O) groups is 3. The first-order valence-corrected chi connectivity index (χ1v) is 15.4. The van der Waals surface area contributed by atoms with E-state index in [0.29, 0.717) is 16.4 Å². The molecule has 11 heteroatoms. The number of anilines is 2. The van der Waals surface area contributed by atoms with Gasteiger partial charge in [0, 0.05) is 27.1 Å². The highest BCUT2D eigenvalue weighted by Gasteiger charge is 2.16. The summed E-state index contributed by atoms with van der Waals surface area (Å²) in [6.45, 7) is 0. The number of carbonyl (C=O) groups excluding carboxylic acids is 3. The smallest absolute Gasteiger partial charge is 0.272 e. The van der Waals surface area contributed by atoms with Gasteiger partial charge in [-0.05, 0) is 53.9 Å². The van der Waals surface area contributed by atoms with Gasteiger partial charge in [0.15, 0.2) is 5.13 Å². The van der Waals surface area contributed by atoms with Crippen LogP contribution in [0.3, 0.4) is 0 Å². The summed E-state index contributed by atoms with van der Waals surface area (Å²) in [6.07, 6.45) is 1.29. The summed E-state index contributed by atoms with van der Waals surface area (Å²) in [5.41, 5.74) is 1.64. The Kier molecular flexibility index (Phi) is 9.55. The van der Waals surface area contributed by atoms with Gasteiger partial charge in [-0.2, -0.15) is 0 Å². The molecule has 0 aliphatic carbocycles. The van der Waals surface area contributed by atoms with Crippen molar-refractivity contribution in [1.82, 2.24) is 10.3 Å². The topological polar surface area (TPSA) is 100 Å². The Labute approximate surface area is 253 Å². The molecule has 2 heterocycles. The summed E-state index contributed by atoms with van der Waals surface area (Å²) < 4.78 is 14.4. The molecule has 0 saturated heterocycles. The van der Waals surface area contributed by atoms with Crippen molar-refractivity contribution in [3.05, 3.63) is 124 Å². The minimum absolute atomic E-state index is 0.128. The Bertz CT molecular complexity index is 1740. The zero-order chi connectivity index (χ0) is 29.3. The first kappa shape index (κ1) is 28.9. The first-order chi connectivity index (χ1) is 20.4. The number of thiophene rings is 1. The number of halogens is 1. The van der Waals surface area contributed by atoms with Crippen molar-refractivity contribution in [3.63, 3.8) is 0 Å². The molecule has 0 unspecified atom stereocenters. The molecule has 7 nitrogen and oxygen atoms in total. The van der Waals surface area contributed by atoms with Gasteiger partial charge < -0.3 is 16.0 Å². The summed E-state index contributed by atoms with van der Waals surface area (Å²) in [5.74, 6) is -1.75. The highest BCUT2D eigenvalue weighted by atomic mass is 32.2. The molecule has 0 saturated carbocycles. The number of aromatic nitrogens is 1. The van der Waals surface area contributed by atoms with E-state index in [2.05, 4.69) is 20.9 Å². The molecule has 0 spiro atoms. The van der Waals surface area contributed by atoms with Crippen LogP contribution in [0.5, 0.6) is 0 Å². The first-order valence-electron chi connectivity index (χ1n) is 12.6. The molecule has 0 atom stereocenters. The van der Waals surface area contributed by atoms with Crippen molar-refractivity contribution < 1.29 is 18.8 Å². The lowest BCUT2D eigenvalue weighted by molar-refractivity contribution is -0.114. The highest BCUT2D eigenvalue weighted by molar-refractivity contribution is 8.00. The standard InChI is InChI=1S/C31H23FN4O3S3/c32-24-13-5-4-10-21(24)16-25(34-29(38)20-8-2-1-3-9-20)30(39)33-22-11-6-12-23(17-22)41-19-28(37)36-31-35-26(18-42-31)27-14-7-15-40-27/h1-18H,19H2,(H,33,39)(H,34,38)(H,35,36,37)/b25-16-. The molecule has 210 valence electrons. The van der Waals surface area contributed by atoms with Crippen LogP contribution in [0, 0.1) is 5.82 Å². The Balaban J connectivity index is 1.24. The lowest BCUT2D eigenvalue weighted by atomic mass is 10.1. The van der Waals surface area contributed by atoms with E-state index >= 15 is 0 Å². The fourth-order valence-electron chi connectivity index (χ4n) is 3.72. The van der Waals surface area contributed by atoms with Gasteiger partial charge in [0.2, 0.25) is 5.91 Å². The maximum atomic E-state index is 14.4. The number of thioether (sulfide) groups is 1. The largest absolute Gasteiger partial charge is 0.321 e. The highest BCUT2D eigenvalue weighted by Crippen LogP contribution is 2.29. The van der Waals surface area contributed by atoms with Crippen LogP contribution in [-0.2, 0) is 9.59 Å². The summed E-state index contributed by atoms with van der Waals surface area (Å²) in [6, 6.07) is 25.3. The number of thiazole rings is 1. The predicted molar refractivity (Wildman–Crippen MR) is 168 cm³/mol. The average molecular weight is 615 g/mol. The normalized spacial score (nSPS) is 11.1. The van der Waals surface area contributed by atoms with Crippen molar-refractivity contribution in [2.24, 2.45) is 0 Å². The van der Waals surface area contributed by atoms with Crippen LogP contribution < -0.4 is 16.0 Å². The monoisotopic (exact) mass is 614 g/mol. The average Bonchev–Trinajstić information content (AvgIpc) is 3.70. The zero-order valence-corrected chi connectivity index (χ0v) is 24.3. The van der Waals surface area contributed by atoms with Gasteiger partial charge in [-0.25, -0.2) is 9.37 Å². The van der Waals surface area contributed by atoms with E-state index in [1.807, 2.05) is 29.0 Å². The van der Waals surface area contributed by atoms with Crippen LogP contribution in [0.1, 0.15) is 15.9 Å². The van der Waals surface area contributed by atoms with Crippen LogP contribution >= 0.6 is 34.4 Å². The Morgan fingerprint density at radius 2 is 1.69 bits per heavy atom. The molecule has 5 aromatic rings. The van der Waals surface area contributed by atoms with Gasteiger partial charge in [-0.3, -0.25) is 14.4 Å². The second-order valence-electron chi connectivity index (χ2n) is 8.73. The molecule has 3 amide bonds. The van der Waals surface area contributed by atoms with Crippen LogP contribution in [-0.4, -0.2) is 28.5 Å². The predicted octanol–water partition coefficient (Wildman–Crippen LogP) is 7.15. The van der Waals surface area contributed by atoms with Gasteiger partial charge in [0.05, 0.1) is 16.3 Å². The molecule has 3 N–H and O–H groups in total. The second kappa shape index (κ2) is 13.9. The number of hydrogen-bond acceptors (Lipinski definition) is 7. The van der Waals surface area contributed by atoms with Crippen molar-refractivity contribution in [2.75, 3.05) is 16.4 Å². The van der Waals surface area contributed by atoms with Crippen molar-refractivity contribution >= 4 is 69.1 Å².